The lowest BCUT2D eigenvalue weighted by molar-refractivity contribution is -0.0511. The molecular formula is C18H20ClN5O4. The Hall–Kier alpha value is -2.30. The summed E-state index contributed by atoms with van der Waals surface area (Å²) < 4.78 is 7.10. The second-order valence-electron chi connectivity index (χ2n) is 6.69. The number of ether oxygens (including phenoxy) is 1. The van der Waals surface area contributed by atoms with E-state index in [2.05, 4.69) is 20.3 Å². The molecule has 3 aromatic rings. The standard InChI is InChI=1S/C18H20ClN5O4/c1-9(10-2-4-11(19)5-3-10)23-16-13-17(21-7-20-16)24(8-22-13)18-15(27)14(26)12(6-25)28-18/h2-5,7-9,12,14-15,18,25-27H,6H2,1H3,(H,20,21,23)/t9-,12+,14?,15-,18+/m0/s1. The largest absolute Gasteiger partial charge is 0.394 e. The Morgan fingerprint density at radius 1 is 1.18 bits per heavy atom. The first-order chi connectivity index (χ1) is 13.5. The van der Waals surface area contributed by atoms with Crippen LogP contribution in [0.3, 0.4) is 0 Å². The van der Waals surface area contributed by atoms with E-state index in [9.17, 15) is 15.3 Å². The number of hydrogen-bond acceptors (Lipinski definition) is 8. The molecule has 10 heteroatoms. The third-order valence-electron chi connectivity index (χ3n) is 4.87. The van der Waals surface area contributed by atoms with Gasteiger partial charge in [0.1, 0.15) is 24.6 Å². The van der Waals surface area contributed by atoms with Crippen LogP contribution in [-0.4, -0.2) is 59.8 Å². The molecule has 2 aromatic heterocycles. The highest BCUT2D eigenvalue weighted by Gasteiger charge is 2.44. The zero-order valence-corrected chi connectivity index (χ0v) is 15.7. The smallest absolute Gasteiger partial charge is 0.167 e. The minimum absolute atomic E-state index is 0.0607. The van der Waals surface area contributed by atoms with E-state index >= 15 is 0 Å². The summed E-state index contributed by atoms with van der Waals surface area (Å²) >= 11 is 5.94. The number of anilines is 1. The van der Waals surface area contributed by atoms with E-state index in [1.807, 2.05) is 31.2 Å². The van der Waals surface area contributed by atoms with Gasteiger partial charge in [0.25, 0.3) is 0 Å². The van der Waals surface area contributed by atoms with Crippen molar-refractivity contribution in [1.82, 2.24) is 19.5 Å². The molecule has 0 saturated carbocycles. The summed E-state index contributed by atoms with van der Waals surface area (Å²) in [5.41, 5.74) is 1.97. The van der Waals surface area contributed by atoms with Crippen LogP contribution in [0.1, 0.15) is 24.8 Å². The molecule has 4 N–H and O–H groups in total. The molecule has 148 valence electrons. The molecule has 5 atom stereocenters. The SMILES string of the molecule is C[C@H](Nc1ncnc2c1ncn2[C@@H]1O[C@H](CO)C(O)[C@@H]1O)c1ccc(Cl)cc1. The Kier molecular flexibility index (Phi) is 5.17. The number of nitrogens with zero attached hydrogens (tertiary/aromatic N) is 4. The van der Waals surface area contributed by atoms with Crippen molar-refractivity contribution >= 4 is 28.6 Å². The number of aliphatic hydroxyl groups is 3. The van der Waals surface area contributed by atoms with Gasteiger partial charge in [0, 0.05) is 5.02 Å². The van der Waals surface area contributed by atoms with Gasteiger partial charge >= 0.3 is 0 Å². The van der Waals surface area contributed by atoms with Crippen molar-refractivity contribution in [3.05, 3.63) is 47.5 Å². The summed E-state index contributed by atoms with van der Waals surface area (Å²) in [6.07, 6.45) is -1.34. The monoisotopic (exact) mass is 405 g/mol. The summed E-state index contributed by atoms with van der Waals surface area (Å²) in [4.78, 5) is 12.9. The molecule has 0 aliphatic carbocycles. The number of fused-ring (bicyclic) bond motifs is 1. The highest BCUT2D eigenvalue weighted by molar-refractivity contribution is 6.30. The molecule has 4 rings (SSSR count). The molecule has 3 heterocycles. The first-order valence-electron chi connectivity index (χ1n) is 8.81. The Morgan fingerprint density at radius 3 is 2.61 bits per heavy atom. The van der Waals surface area contributed by atoms with Crippen LogP contribution in [0.25, 0.3) is 11.2 Å². The summed E-state index contributed by atoms with van der Waals surface area (Å²) in [5, 5.41) is 33.5. The molecule has 1 aliphatic rings. The third kappa shape index (κ3) is 3.31. The van der Waals surface area contributed by atoms with Gasteiger partial charge in [-0.05, 0) is 24.6 Å². The molecule has 1 fully saturated rings. The molecule has 0 amide bonds. The molecule has 1 saturated heterocycles. The summed E-state index contributed by atoms with van der Waals surface area (Å²) in [7, 11) is 0. The quantitative estimate of drug-likeness (QED) is 0.500. The number of halogens is 1. The van der Waals surface area contributed by atoms with Gasteiger partial charge in [0.15, 0.2) is 23.2 Å². The number of hydrogen-bond donors (Lipinski definition) is 4. The normalized spacial score (nSPS) is 25.9. The van der Waals surface area contributed by atoms with Gasteiger partial charge in [-0.15, -0.1) is 0 Å². The maximum absolute atomic E-state index is 10.3. The first-order valence-corrected chi connectivity index (χ1v) is 9.19. The van der Waals surface area contributed by atoms with E-state index < -0.39 is 31.1 Å². The predicted molar refractivity (Wildman–Crippen MR) is 102 cm³/mol. The zero-order chi connectivity index (χ0) is 19.8. The Bertz CT molecular complexity index is 966. The van der Waals surface area contributed by atoms with Gasteiger partial charge in [-0.1, -0.05) is 23.7 Å². The van der Waals surface area contributed by atoms with Crippen LogP contribution in [0.4, 0.5) is 5.82 Å². The lowest BCUT2D eigenvalue weighted by atomic mass is 10.1. The molecular weight excluding hydrogens is 386 g/mol. The number of nitrogens with one attached hydrogen (secondary N) is 1. The van der Waals surface area contributed by atoms with E-state index in [0.717, 1.165) is 5.56 Å². The fraction of sp³-hybridized carbons (Fsp3) is 0.389. The Balaban J connectivity index is 1.63. The van der Waals surface area contributed by atoms with Gasteiger partial charge in [-0.25, -0.2) is 15.0 Å². The van der Waals surface area contributed by atoms with E-state index in [-0.39, 0.29) is 6.04 Å². The summed E-state index contributed by atoms with van der Waals surface area (Å²) in [6.45, 7) is 1.59. The number of imidazole rings is 1. The molecule has 0 spiro atoms. The maximum Gasteiger partial charge on any atom is 0.167 e. The maximum atomic E-state index is 10.3. The van der Waals surface area contributed by atoms with Crippen molar-refractivity contribution in [1.29, 1.82) is 0 Å². The van der Waals surface area contributed by atoms with E-state index in [0.29, 0.717) is 22.0 Å². The van der Waals surface area contributed by atoms with E-state index in [4.69, 9.17) is 16.3 Å². The topological polar surface area (TPSA) is 126 Å². The fourth-order valence-electron chi connectivity index (χ4n) is 3.29. The number of aromatic nitrogens is 4. The highest BCUT2D eigenvalue weighted by atomic mass is 35.5. The predicted octanol–water partition coefficient (Wildman–Crippen LogP) is 1.26. The minimum Gasteiger partial charge on any atom is -0.394 e. The zero-order valence-electron chi connectivity index (χ0n) is 15.0. The van der Waals surface area contributed by atoms with Crippen LogP contribution < -0.4 is 5.32 Å². The molecule has 1 aromatic carbocycles. The number of rotatable bonds is 5. The van der Waals surface area contributed by atoms with Crippen LogP contribution in [0, 0.1) is 0 Å². The molecule has 28 heavy (non-hydrogen) atoms. The number of aliphatic hydroxyl groups excluding tert-OH is 3. The first kappa shape index (κ1) is 19.0. The van der Waals surface area contributed by atoms with Crippen LogP contribution >= 0.6 is 11.6 Å². The van der Waals surface area contributed by atoms with Crippen molar-refractivity contribution in [3.8, 4) is 0 Å². The molecule has 0 radical (unpaired) electrons. The van der Waals surface area contributed by atoms with Crippen molar-refractivity contribution in [2.45, 2.75) is 37.5 Å². The van der Waals surface area contributed by atoms with E-state index in [1.54, 1.807) is 0 Å². The molecule has 1 aliphatic heterocycles. The van der Waals surface area contributed by atoms with Gasteiger partial charge in [-0.2, -0.15) is 0 Å². The second-order valence-corrected chi connectivity index (χ2v) is 7.13. The van der Waals surface area contributed by atoms with Crippen molar-refractivity contribution in [2.75, 3.05) is 11.9 Å². The van der Waals surface area contributed by atoms with Crippen LogP contribution in [0.2, 0.25) is 5.02 Å². The highest BCUT2D eigenvalue weighted by Crippen LogP contribution is 2.32. The fourth-order valence-corrected chi connectivity index (χ4v) is 3.42. The lowest BCUT2D eigenvalue weighted by Crippen LogP contribution is -2.33. The van der Waals surface area contributed by atoms with Gasteiger partial charge < -0.3 is 25.4 Å². The lowest BCUT2D eigenvalue weighted by Gasteiger charge is -2.17. The van der Waals surface area contributed by atoms with E-state index in [1.165, 1.54) is 17.2 Å². The number of benzene rings is 1. The summed E-state index contributed by atoms with van der Waals surface area (Å²) in [6, 6.07) is 7.43. The van der Waals surface area contributed by atoms with Gasteiger partial charge in [0.05, 0.1) is 19.0 Å². The van der Waals surface area contributed by atoms with Crippen molar-refractivity contribution in [2.24, 2.45) is 0 Å². The van der Waals surface area contributed by atoms with Gasteiger partial charge in [-0.3, -0.25) is 4.57 Å². The average Bonchev–Trinajstić information content (AvgIpc) is 3.24. The van der Waals surface area contributed by atoms with Crippen LogP contribution in [0.5, 0.6) is 0 Å². The van der Waals surface area contributed by atoms with Crippen molar-refractivity contribution in [3.63, 3.8) is 0 Å². The minimum atomic E-state index is -1.21. The van der Waals surface area contributed by atoms with Crippen molar-refractivity contribution < 1.29 is 20.1 Å². The second kappa shape index (κ2) is 7.61. The summed E-state index contributed by atoms with van der Waals surface area (Å²) in [5.74, 6) is 0.526. The Morgan fingerprint density at radius 2 is 1.93 bits per heavy atom. The van der Waals surface area contributed by atoms with Crippen LogP contribution in [0.15, 0.2) is 36.9 Å². The van der Waals surface area contributed by atoms with Crippen LogP contribution in [-0.2, 0) is 4.74 Å². The third-order valence-corrected chi connectivity index (χ3v) is 5.13. The molecule has 1 unspecified atom stereocenters. The molecule has 9 nitrogen and oxygen atoms in total. The van der Waals surface area contributed by atoms with Gasteiger partial charge in [0.2, 0.25) is 0 Å². The Labute approximate surface area is 165 Å². The molecule has 0 bridgehead atoms. The average molecular weight is 406 g/mol.